The van der Waals surface area contributed by atoms with Crippen molar-refractivity contribution in [3.63, 3.8) is 0 Å². The summed E-state index contributed by atoms with van der Waals surface area (Å²) in [5.41, 5.74) is 0.00930. The monoisotopic (exact) mass is 599 g/mol. The fourth-order valence-electron chi connectivity index (χ4n) is 6.60. The van der Waals surface area contributed by atoms with Crippen LogP contribution in [-0.4, -0.2) is 117 Å². The van der Waals surface area contributed by atoms with Crippen molar-refractivity contribution in [3.8, 4) is 0 Å². The first-order chi connectivity index (χ1) is 20.2. The Morgan fingerprint density at radius 3 is 2.62 bits per heavy atom. The van der Waals surface area contributed by atoms with Crippen LogP contribution in [-0.2, 0) is 25.7 Å². The maximum atomic E-state index is 13.3. The molecule has 3 saturated heterocycles. The minimum Gasteiger partial charge on any atom is -0.477 e. The highest BCUT2D eigenvalue weighted by atomic mass is 32.2. The fraction of sp³-hybridized carbons (Fsp3) is 0.640. The molecule has 3 amide bonds. The first-order valence-electron chi connectivity index (χ1n) is 14.1. The van der Waals surface area contributed by atoms with Crippen LogP contribution >= 0.6 is 11.8 Å². The van der Waals surface area contributed by atoms with Gasteiger partial charge in [0, 0.05) is 41.7 Å². The molecule has 6 rings (SSSR count). The standard InChI is InChI=1S/C25H33N11O5S/c1-13-20-19(14(2)30-18(37)11-34-12-27-31-32-34)24(39)35(20)21(25(40)41)22(13)42-16-9-17(26-10-16)23(38)33-7-3-15(4-8-33)36-28-5-6-29-36/h5-6,12-17,19-20,26H,3-4,7-11H2,1-2H3,(H,30,37)(H,40,41)/t13-,14-,16?,17?,19-,20-/m1/s1. The molecule has 0 bridgehead atoms. The van der Waals surface area contributed by atoms with E-state index in [1.807, 2.05) is 11.8 Å². The van der Waals surface area contributed by atoms with Gasteiger partial charge in [-0.2, -0.15) is 15.0 Å². The van der Waals surface area contributed by atoms with Gasteiger partial charge < -0.3 is 25.5 Å². The molecule has 17 heteroatoms. The number of amides is 3. The molecule has 16 nitrogen and oxygen atoms in total. The summed E-state index contributed by atoms with van der Waals surface area (Å²) in [4.78, 5) is 56.9. The zero-order valence-electron chi connectivity index (χ0n) is 23.2. The molecular formula is C25H33N11O5S. The van der Waals surface area contributed by atoms with Crippen LogP contribution in [0.15, 0.2) is 29.3 Å². The second kappa shape index (κ2) is 11.4. The highest BCUT2D eigenvalue weighted by molar-refractivity contribution is 8.03. The summed E-state index contributed by atoms with van der Waals surface area (Å²) in [5, 5.41) is 35.4. The Morgan fingerprint density at radius 2 is 1.95 bits per heavy atom. The highest BCUT2D eigenvalue weighted by Gasteiger charge is 2.60. The van der Waals surface area contributed by atoms with E-state index in [1.165, 1.54) is 27.7 Å². The van der Waals surface area contributed by atoms with Gasteiger partial charge in [0.05, 0.1) is 36.4 Å². The van der Waals surface area contributed by atoms with E-state index in [4.69, 9.17) is 0 Å². The van der Waals surface area contributed by atoms with Gasteiger partial charge in [-0.3, -0.25) is 14.4 Å². The second-order valence-corrected chi connectivity index (χ2v) is 12.6. The lowest BCUT2D eigenvalue weighted by Gasteiger charge is -2.47. The molecule has 0 spiro atoms. The summed E-state index contributed by atoms with van der Waals surface area (Å²) in [6.07, 6.45) is 6.79. The van der Waals surface area contributed by atoms with Gasteiger partial charge in [-0.05, 0) is 36.6 Å². The number of hydrogen-bond acceptors (Lipinski definition) is 11. The molecule has 4 aliphatic rings. The van der Waals surface area contributed by atoms with Crippen molar-refractivity contribution in [2.45, 2.75) is 69.1 Å². The van der Waals surface area contributed by atoms with Crippen LogP contribution in [0.3, 0.4) is 0 Å². The first kappa shape index (κ1) is 28.3. The summed E-state index contributed by atoms with van der Waals surface area (Å²) in [5.74, 6) is -2.54. The van der Waals surface area contributed by atoms with E-state index in [1.54, 1.807) is 24.1 Å². The summed E-state index contributed by atoms with van der Waals surface area (Å²) in [7, 11) is 0. The first-order valence-corrected chi connectivity index (χ1v) is 15.0. The normalized spacial score (nSPS) is 28.5. The molecule has 0 aromatic carbocycles. The van der Waals surface area contributed by atoms with Crippen molar-refractivity contribution < 1.29 is 24.3 Å². The summed E-state index contributed by atoms with van der Waals surface area (Å²) in [6, 6.07) is -1.03. The molecule has 3 fully saturated rings. The molecule has 4 aliphatic heterocycles. The summed E-state index contributed by atoms with van der Waals surface area (Å²) in [6.45, 7) is 5.42. The molecule has 42 heavy (non-hydrogen) atoms. The highest BCUT2D eigenvalue weighted by Crippen LogP contribution is 2.51. The molecule has 6 heterocycles. The second-order valence-electron chi connectivity index (χ2n) is 11.2. The van der Waals surface area contributed by atoms with Crippen LogP contribution in [0.1, 0.15) is 39.2 Å². The Bertz CT molecular complexity index is 1370. The average Bonchev–Trinajstić information content (AvgIpc) is 3.78. The van der Waals surface area contributed by atoms with Crippen LogP contribution < -0.4 is 10.6 Å². The number of likely N-dealkylation sites (tertiary alicyclic amines) is 1. The number of thioether (sulfide) groups is 1. The van der Waals surface area contributed by atoms with Gasteiger partial charge >= 0.3 is 5.97 Å². The largest absolute Gasteiger partial charge is 0.477 e. The van der Waals surface area contributed by atoms with Crippen molar-refractivity contribution in [3.05, 3.63) is 29.3 Å². The molecule has 0 saturated carbocycles. The smallest absolute Gasteiger partial charge is 0.353 e. The number of tetrazole rings is 1. The number of aliphatic carboxylic acids is 1. The van der Waals surface area contributed by atoms with Crippen molar-refractivity contribution in [1.82, 2.24) is 55.6 Å². The Labute approximate surface area is 245 Å². The van der Waals surface area contributed by atoms with Crippen LogP contribution in [0.25, 0.3) is 0 Å². The van der Waals surface area contributed by atoms with Crippen LogP contribution in [0.4, 0.5) is 0 Å². The average molecular weight is 600 g/mol. The lowest BCUT2D eigenvalue weighted by atomic mass is 9.78. The van der Waals surface area contributed by atoms with Gasteiger partial charge in [0.1, 0.15) is 18.6 Å². The maximum absolute atomic E-state index is 13.3. The number of rotatable bonds is 9. The van der Waals surface area contributed by atoms with Crippen molar-refractivity contribution in [2.24, 2.45) is 11.8 Å². The zero-order valence-corrected chi connectivity index (χ0v) is 24.1. The lowest BCUT2D eigenvalue weighted by Crippen LogP contribution is -2.66. The van der Waals surface area contributed by atoms with E-state index in [2.05, 4.69) is 36.4 Å². The number of carboxylic acids is 1. The number of aromatic nitrogens is 7. The van der Waals surface area contributed by atoms with Gasteiger partial charge in [0.2, 0.25) is 17.7 Å². The third kappa shape index (κ3) is 5.14. The van der Waals surface area contributed by atoms with E-state index in [0.717, 1.165) is 12.8 Å². The third-order valence-corrected chi connectivity index (χ3v) is 10.1. The molecule has 2 aromatic rings. The van der Waals surface area contributed by atoms with Crippen molar-refractivity contribution in [2.75, 3.05) is 19.6 Å². The third-order valence-electron chi connectivity index (χ3n) is 8.64. The maximum Gasteiger partial charge on any atom is 0.353 e. The number of carboxylic acid groups (broad SMARTS) is 1. The van der Waals surface area contributed by atoms with Crippen molar-refractivity contribution in [1.29, 1.82) is 0 Å². The molecule has 3 N–H and O–H groups in total. The fourth-order valence-corrected chi connectivity index (χ4v) is 8.08. The predicted octanol–water partition coefficient (Wildman–Crippen LogP) is -1.13. The topological polar surface area (TPSA) is 193 Å². The molecule has 0 aliphatic carbocycles. The van der Waals surface area contributed by atoms with E-state index >= 15 is 0 Å². The number of piperidine rings is 1. The quantitative estimate of drug-likeness (QED) is 0.294. The Balaban J connectivity index is 1.06. The SMILES string of the molecule is C[C@@H](NC(=O)Cn1cnnn1)[C@H]1C(=O)N2C(C(=O)O)=C(SC3CNC(C(=O)N4CCC(n5nccn5)CC4)C3)[C@H](C)[C@H]12. The number of carbonyl (C=O) groups is 4. The summed E-state index contributed by atoms with van der Waals surface area (Å²) >= 11 is 1.44. The Kier molecular flexibility index (Phi) is 7.69. The number of nitrogens with one attached hydrogen (secondary N) is 2. The van der Waals surface area contributed by atoms with E-state index in [0.29, 0.717) is 31.0 Å². The molecule has 0 radical (unpaired) electrons. The van der Waals surface area contributed by atoms with Gasteiger partial charge in [-0.1, -0.05) is 6.92 Å². The minimum absolute atomic E-state index is 0.00930. The lowest BCUT2D eigenvalue weighted by molar-refractivity contribution is -0.158. The van der Waals surface area contributed by atoms with Crippen LogP contribution in [0.2, 0.25) is 0 Å². The number of carbonyl (C=O) groups excluding carboxylic acids is 3. The van der Waals surface area contributed by atoms with Gasteiger partial charge in [-0.15, -0.1) is 16.9 Å². The Morgan fingerprint density at radius 1 is 1.21 bits per heavy atom. The number of hydrogen-bond donors (Lipinski definition) is 3. The number of fused-ring (bicyclic) bond motifs is 1. The van der Waals surface area contributed by atoms with Crippen LogP contribution in [0, 0.1) is 11.8 Å². The molecule has 2 aromatic heterocycles. The van der Waals surface area contributed by atoms with Crippen molar-refractivity contribution >= 4 is 35.5 Å². The molecule has 2 unspecified atom stereocenters. The van der Waals surface area contributed by atoms with Gasteiger partial charge in [-0.25, -0.2) is 9.48 Å². The zero-order chi connectivity index (χ0) is 29.5. The summed E-state index contributed by atoms with van der Waals surface area (Å²) < 4.78 is 1.28. The number of β-lactam (4-membered cyclic amide) rings is 1. The minimum atomic E-state index is -1.15. The van der Waals surface area contributed by atoms with Crippen LogP contribution in [0.5, 0.6) is 0 Å². The molecule has 224 valence electrons. The molecular weight excluding hydrogens is 566 g/mol. The van der Waals surface area contributed by atoms with E-state index in [-0.39, 0.29) is 59.3 Å². The Hall–Kier alpha value is -3.86. The molecule has 6 atom stereocenters. The predicted molar refractivity (Wildman–Crippen MR) is 146 cm³/mol. The van der Waals surface area contributed by atoms with E-state index < -0.39 is 17.9 Å². The number of nitrogens with zero attached hydrogens (tertiary/aromatic N) is 9. The van der Waals surface area contributed by atoms with Gasteiger partial charge in [0.15, 0.2) is 0 Å². The van der Waals surface area contributed by atoms with E-state index in [9.17, 15) is 24.3 Å². The van der Waals surface area contributed by atoms with Gasteiger partial charge in [0.25, 0.3) is 0 Å².